The molecule has 0 spiro atoms. The Morgan fingerprint density at radius 3 is 1.28 bits per heavy atom. The molecule has 1 heterocycles. The van der Waals surface area contributed by atoms with E-state index in [2.05, 4.69) is 18.5 Å². The molecule has 1 saturated carbocycles. The standard InChI is InChI=1S/C36H42N3O4PS2/c1-27-19-23-33(24-20-27)45(40,41)38-35-17-11-12-18-36(35)39(46(42,43)34-25-21-28(2)22-26-34)44(38)37(29(3)31-13-7-5-8-14-31)30(4)32-15-9-6-10-16-32/h5-10,13-16,19-26,29-30,35-36H,11-12,17-18H2,1-4H3/t29-,30-,35-,36-/m1/s1. The molecule has 0 N–H and O–H groups in total. The van der Waals surface area contributed by atoms with Crippen LogP contribution in [0.15, 0.2) is 119 Å². The second-order valence-electron chi connectivity index (χ2n) is 12.4. The van der Waals surface area contributed by atoms with E-state index < -0.39 is 40.5 Å². The second-order valence-corrected chi connectivity index (χ2v) is 18.5. The smallest absolute Gasteiger partial charge is 0.242 e. The minimum absolute atomic E-state index is 0.184. The third-order valence-electron chi connectivity index (χ3n) is 9.31. The van der Waals surface area contributed by atoms with E-state index in [0.29, 0.717) is 12.8 Å². The first kappa shape index (κ1) is 33.0. The van der Waals surface area contributed by atoms with Gasteiger partial charge in [0.15, 0.2) is 8.37 Å². The van der Waals surface area contributed by atoms with Crippen LogP contribution in [0, 0.1) is 13.8 Å². The third kappa shape index (κ3) is 6.10. The number of fused-ring (bicyclic) bond motifs is 1. The average Bonchev–Trinajstić information content (AvgIpc) is 3.42. The third-order valence-corrected chi connectivity index (χ3v) is 17.1. The second kappa shape index (κ2) is 13.3. The number of hydrogen-bond donors (Lipinski definition) is 0. The molecule has 0 bridgehead atoms. The van der Waals surface area contributed by atoms with Crippen molar-refractivity contribution >= 4 is 28.4 Å². The fraction of sp³-hybridized carbons (Fsp3) is 0.333. The summed E-state index contributed by atoms with van der Waals surface area (Å²) < 4.78 is 65.3. The van der Waals surface area contributed by atoms with Crippen LogP contribution in [0.3, 0.4) is 0 Å². The van der Waals surface area contributed by atoms with Crippen LogP contribution in [-0.2, 0) is 20.0 Å². The number of rotatable bonds is 9. The Balaban J connectivity index is 1.63. The summed E-state index contributed by atoms with van der Waals surface area (Å²) in [5.41, 5.74) is 3.89. The van der Waals surface area contributed by atoms with E-state index in [1.807, 2.05) is 74.5 Å². The summed E-state index contributed by atoms with van der Waals surface area (Å²) in [7, 11) is -10.4. The van der Waals surface area contributed by atoms with Gasteiger partial charge in [0.2, 0.25) is 20.0 Å². The van der Waals surface area contributed by atoms with E-state index in [1.54, 1.807) is 56.7 Å². The lowest BCUT2D eigenvalue weighted by atomic mass is 9.92. The van der Waals surface area contributed by atoms with Gasteiger partial charge in [-0.05, 0) is 75.9 Å². The van der Waals surface area contributed by atoms with Gasteiger partial charge in [0.1, 0.15) is 0 Å². The van der Waals surface area contributed by atoms with Crippen molar-refractivity contribution in [3.63, 3.8) is 0 Å². The molecule has 7 nitrogen and oxygen atoms in total. The van der Waals surface area contributed by atoms with Gasteiger partial charge in [-0.3, -0.25) is 0 Å². The van der Waals surface area contributed by atoms with E-state index in [9.17, 15) is 16.8 Å². The van der Waals surface area contributed by atoms with Crippen molar-refractivity contribution in [2.75, 3.05) is 0 Å². The molecule has 6 rings (SSSR count). The number of benzene rings is 4. The highest BCUT2D eigenvalue weighted by molar-refractivity contribution is 7.98. The molecule has 10 heteroatoms. The first-order chi connectivity index (χ1) is 22.0. The average molecular weight is 676 g/mol. The molecule has 4 aromatic carbocycles. The molecule has 4 aromatic rings. The zero-order valence-corrected chi connectivity index (χ0v) is 29.3. The molecule has 0 amide bonds. The maximum absolute atomic E-state index is 15.0. The first-order valence-corrected chi connectivity index (χ1v) is 20.0. The van der Waals surface area contributed by atoms with Gasteiger partial charge < -0.3 is 0 Å². The van der Waals surface area contributed by atoms with Crippen LogP contribution in [0.2, 0.25) is 0 Å². The van der Waals surface area contributed by atoms with Crippen molar-refractivity contribution < 1.29 is 16.8 Å². The molecule has 0 radical (unpaired) electrons. The molecule has 0 unspecified atom stereocenters. The predicted octanol–water partition coefficient (Wildman–Crippen LogP) is 8.36. The summed E-state index contributed by atoms with van der Waals surface area (Å²) in [5.74, 6) is 0. The zero-order chi connectivity index (χ0) is 32.6. The van der Waals surface area contributed by atoms with Gasteiger partial charge in [0.25, 0.3) is 0 Å². The molecule has 0 aromatic heterocycles. The van der Waals surface area contributed by atoms with Crippen LogP contribution in [-0.4, -0.2) is 41.7 Å². The summed E-state index contributed by atoms with van der Waals surface area (Å²) >= 11 is 0. The van der Waals surface area contributed by atoms with E-state index in [4.69, 9.17) is 0 Å². The van der Waals surface area contributed by atoms with Crippen LogP contribution in [0.25, 0.3) is 0 Å². The Bertz CT molecular complexity index is 1720. The Labute approximate surface area is 275 Å². The molecule has 1 aliphatic heterocycles. The van der Waals surface area contributed by atoms with E-state index in [0.717, 1.165) is 35.1 Å². The normalized spacial score (nSPS) is 21.2. The van der Waals surface area contributed by atoms with Crippen LogP contribution in [0.5, 0.6) is 0 Å². The Morgan fingerprint density at radius 1 is 0.587 bits per heavy atom. The zero-order valence-electron chi connectivity index (χ0n) is 26.8. The summed E-state index contributed by atoms with van der Waals surface area (Å²) in [6.07, 6.45) is 2.87. The number of aryl methyl sites for hydroxylation is 2. The minimum Gasteiger partial charge on any atom is -0.242 e. The molecule has 2 fully saturated rings. The highest BCUT2D eigenvalue weighted by Crippen LogP contribution is 2.67. The highest BCUT2D eigenvalue weighted by atomic mass is 32.2. The lowest BCUT2D eigenvalue weighted by molar-refractivity contribution is 0.278. The van der Waals surface area contributed by atoms with Crippen LogP contribution >= 0.6 is 8.37 Å². The lowest BCUT2D eigenvalue weighted by Gasteiger charge is -2.44. The summed E-state index contributed by atoms with van der Waals surface area (Å²) in [4.78, 5) is 0.369. The lowest BCUT2D eigenvalue weighted by Crippen LogP contribution is -2.43. The summed E-state index contributed by atoms with van der Waals surface area (Å²) in [5, 5.41) is 0. The van der Waals surface area contributed by atoms with Crippen LogP contribution < -0.4 is 0 Å². The predicted molar refractivity (Wildman–Crippen MR) is 185 cm³/mol. The Kier molecular flexibility index (Phi) is 9.55. The van der Waals surface area contributed by atoms with E-state index in [-0.39, 0.29) is 21.9 Å². The van der Waals surface area contributed by atoms with Crippen molar-refractivity contribution in [2.45, 2.75) is 87.3 Å². The molecule has 1 saturated heterocycles. The van der Waals surface area contributed by atoms with E-state index >= 15 is 0 Å². The number of nitrogens with zero attached hydrogens (tertiary/aromatic N) is 3. The van der Waals surface area contributed by atoms with Gasteiger partial charge in [-0.15, -0.1) is 8.15 Å². The summed E-state index contributed by atoms with van der Waals surface area (Å²) in [6, 6.07) is 32.2. The molecular weight excluding hydrogens is 634 g/mol. The van der Waals surface area contributed by atoms with Gasteiger partial charge in [-0.1, -0.05) is 109 Å². The fourth-order valence-electron chi connectivity index (χ4n) is 6.76. The van der Waals surface area contributed by atoms with Crippen molar-refractivity contribution in [3.05, 3.63) is 131 Å². The van der Waals surface area contributed by atoms with Crippen LogP contribution in [0.1, 0.15) is 73.9 Å². The van der Waals surface area contributed by atoms with Gasteiger partial charge in [-0.2, -0.15) is 0 Å². The van der Waals surface area contributed by atoms with Crippen molar-refractivity contribution in [2.24, 2.45) is 0 Å². The number of sulfonamides is 2. The maximum atomic E-state index is 15.0. The minimum atomic E-state index is -4.12. The SMILES string of the molecule is Cc1ccc(S(=O)(=O)N2[C@@H]3CCCC[C@H]3N(S(=O)(=O)c3ccc(C)cc3)P2N([C@H](C)c2ccccc2)[C@H](C)c2ccccc2)cc1. The quantitative estimate of drug-likeness (QED) is 0.167. The molecule has 2 aliphatic rings. The van der Waals surface area contributed by atoms with Gasteiger partial charge in [0, 0.05) is 24.2 Å². The van der Waals surface area contributed by atoms with Crippen molar-refractivity contribution in [3.8, 4) is 0 Å². The Morgan fingerprint density at radius 2 is 0.935 bits per heavy atom. The van der Waals surface area contributed by atoms with Gasteiger partial charge in [0.05, 0.1) is 9.79 Å². The van der Waals surface area contributed by atoms with Gasteiger partial charge in [-0.25, -0.2) is 21.5 Å². The van der Waals surface area contributed by atoms with E-state index in [1.165, 1.54) is 0 Å². The Hall–Kier alpha value is -2.91. The topological polar surface area (TPSA) is 78.0 Å². The summed E-state index contributed by atoms with van der Waals surface area (Å²) in [6.45, 7) is 7.98. The molecule has 1 aliphatic carbocycles. The van der Waals surface area contributed by atoms with Crippen LogP contribution in [0.4, 0.5) is 0 Å². The molecule has 242 valence electrons. The highest BCUT2D eigenvalue weighted by Gasteiger charge is 2.61. The monoisotopic (exact) mass is 675 g/mol. The largest absolute Gasteiger partial charge is 0.248 e. The fourth-order valence-corrected chi connectivity index (χ4v) is 15.1. The van der Waals surface area contributed by atoms with Crippen molar-refractivity contribution in [1.82, 2.24) is 12.8 Å². The van der Waals surface area contributed by atoms with Gasteiger partial charge >= 0.3 is 0 Å². The first-order valence-electron chi connectivity index (χ1n) is 15.9. The molecule has 4 atom stereocenters. The maximum Gasteiger partial charge on any atom is 0.248 e. The number of hydrogen-bond acceptors (Lipinski definition) is 5. The molecular formula is C36H42N3O4PS2. The van der Waals surface area contributed by atoms with Crippen molar-refractivity contribution in [1.29, 1.82) is 0 Å². The molecule has 46 heavy (non-hydrogen) atoms.